The van der Waals surface area contributed by atoms with Gasteiger partial charge in [0, 0.05) is 44.8 Å². The number of piperazine rings is 1. The third kappa shape index (κ3) is 1.86. The number of hydrogen-bond acceptors (Lipinski definition) is 4. The summed E-state index contributed by atoms with van der Waals surface area (Å²) >= 11 is 0. The molecule has 2 heterocycles. The van der Waals surface area contributed by atoms with Gasteiger partial charge in [-0.25, -0.2) is 0 Å². The molecule has 0 saturated carbocycles. The predicted molar refractivity (Wildman–Crippen MR) is 51.7 cm³/mol. The standard InChI is InChI=1S/C9H19N3O/c1-11-2-3-12(6-9(11)7-13)8-4-10-5-8/h8-10,13H,2-7H2,1H3. The quantitative estimate of drug-likeness (QED) is 0.553. The molecule has 1 atom stereocenters. The van der Waals surface area contributed by atoms with E-state index in [4.69, 9.17) is 5.11 Å². The first-order valence-electron chi connectivity index (χ1n) is 5.07. The topological polar surface area (TPSA) is 38.7 Å². The fourth-order valence-corrected chi connectivity index (χ4v) is 2.03. The molecule has 0 aromatic carbocycles. The maximum absolute atomic E-state index is 9.17. The van der Waals surface area contributed by atoms with Crippen LogP contribution in [-0.4, -0.2) is 73.4 Å². The van der Waals surface area contributed by atoms with E-state index in [1.165, 1.54) is 0 Å². The highest BCUT2D eigenvalue weighted by molar-refractivity contribution is 4.90. The van der Waals surface area contributed by atoms with Crippen LogP contribution in [0, 0.1) is 0 Å². The zero-order valence-corrected chi connectivity index (χ0v) is 8.24. The Hall–Kier alpha value is -0.160. The summed E-state index contributed by atoms with van der Waals surface area (Å²) in [6.45, 7) is 5.80. The zero-order chi connectivity index (χ0) is 9.26. The van der Waals surface area contributed by atoms with Crippen LogP contribution in [0.4, 0.5) is 0 Å². The first-order valence-corrected chi connectivity index (χ1v) is 5.07. The van der Waals surface area contributed by atoms with Gasteiger partial charge in [-0.15, -0.1) is 0 Å². The fourth-order valence-electron chi connectivity index (χ4n) is 2.03. The molecule has 2 saturated heterocycles. The van der Waals surface area contributed by atoms with Gasteiger partial charge in [-0.05, 0) is 7.05 Å². The summed E-state index contributed by atoms with van der Waals surface area (Å²) in [7, 11) is 2.09. The number of likely N-dealkylation sites (N-methyl/N-ethyl adjacent to an activating group) is 1. The Bertz CT molecular complexity index is 172. The first-order chi connectivity index (χ1) is 6.31. The third-order valence-corrected chi connectivity index (χ3v) is 3.30. The van der Waals surface area contributed by atoms with Crippen molar-refractivity contribution in [2.75, 3.05) is 46.4 Å². The van der Waals surface area contributed by atoms with Gasteiger partial charge in [-0.3, -0.25) is 9.80 Å². The highest BCUT2D eigenvalue weighted by Gasteiger charge is 2.30. The van der Waals surface area contributed by atoms with Crippen LogP contribution in [0.3, 0.4) is 0 Å². The second kappa shape index (κ2) is 3.92. The predicted octanol–water partition coefficient (Wildman–Crippen LogP) is -1.43. The van der Waals surface area contributed by atoms with E-state index in [2.05, 4.69) is 22.2 Å². The number of rotatable bonds is 2. The molecule has 2 N–H and O–H groups in total. The molecular formula is C9H19N3O. The maximum atomic E-state index is 9.17. The molecular weight excluding hydrogens is 166 g/mol. The van der Waals surface area contributed by atoms with Crippen molar-refractivity contribution in [1.82, 2.24) is 15.1 Å². The Morgan fingerprint density at radius 3 is 2.69 bits per heavy atom. The highest BCUT2D eigenvalue weighted by atomic mass is 16.3. The lowest BCUT2D eigenvalue weighted by atomic mass is 10.1. The Morgan fingerprint density at radius 2 is 2.15 bits per heavy atom. The molecule has 2 aliphatic heterocycles. The summed E-state index contributed by atoms with van der Waals surface area (Å²) < 4.78 is 0. The SMILES string of the molecule is CN1CCN(C2CNC2)CC1CO. The van der Waals surface area contributed by atoms with E-state index >= 15 is 0 Å². The van der Waals surface area contributed by atoms with Gasteiger partial charge in [0.05, 0.1) is 6.61 Å². The molecule has 0 spiro atoms. The molecule has 13 heavy (non-hydrogen) atoms. The minimum Gasteiger partial charge on any atom is -0.395 e. The van der Waals surface area contributed by atoms with Gasteiger partial charge in [0.2, 0.25) is 0 Å². The Labute approximate surface area is 79.5 Å². The number of nitrogens with one attached hydrogen (secondary N) is 1. The molecule has 0 aromatic rings. The number of nitrogens with zero attached hydrogens (tertiary/aromatic N) is 2. The van der Waals surface area contributed by atoms with Gasteiger partial charge in [0.25, 0.3) is 0 Å². The van der Waals surface area contributed by atoms with Crippen LogP contribution in [0.25, 0.3) is 0 Å². The van der Waals surface area contributed by atoms with E-state index in [1.807, 2.05) is 0 Å². The summed E-state index contributed by atoms with van der Waals surface area (Å²) in [5.74, 6) is 0. The number of aliphatic hydroxyl groups excluding tert-OH is 1. The summed E-state index contributed by atoms with van der Waals surface area (Å²) in [6.07, 6.45) is 0. The van der Waals surface area contributed by atoms with Crippen LogP contribution in [0.15, 0.2) is 0 Å². The van der Waals surface area contributed by atoms with Gasteiger partial charge in [0.1, 0.15) is 0 Å². The van der Waals surface area contributed by atoms with E-state index in [1.54, 1.807) is 0 Å². The average Bonchev–Trinajstić information content (AvgIpc) is 2.05. The Balaban J connectivity index is 1.86. The van der Waals surface area contributed by atoms with Crippen LogP contribution in [0.2, 0.25) is 0 Å². The lowest BCUT2D eigenvalue weighted by Gasteiger charge is -2.45. The van der Waals surface area contributed by atoms with Crippen LogP contribution in [-0.2, 0) is 0 Å². The maximum Gasteiger partial charge on any atom is 0.0599 e. The van der Waals surface area contributed by atoms with Gasteiger partial charge in [0.15, 0.2) is 0 Å². The molecule has 0 aromatic heterocycles. The van der Waals surface area contributed by atoms with Gasteiger partial charge in [-0.1, -0.05) is 0 Å². The normalized spacial score (nSPS) is 33.2. The van der Waals surface area contributed by atoms with Crippen LogP contribution in [0.5, 0.6) is 0 Å². The molecule has 0 aliphatic carbocycles. The third-order valence-electron chi connectivity index (χ3n) is 3.30. The van der Waals surface area contributed by atoms with Crippen LogP contribution < -0.4 is 5.32 Å². The van der Waals surface area contributed by atoms with E-state index in [-0.39, 0.29) is 6.61 Å². The Kier molecular flexibility index (Phi) is 2.83. The Morgan fingerprint density at radius 1 is 1.38 bits per heavy atom. The molecule has 2 aliphatic rings. The van der Waals surface area contributed by atoms with Crippen molar-refractivity contribution in [2.45, 2.75) is 12.1 Å². The smallest absolute Gasteiger partial charge is 0.0599 e. The van der Waals surface area contributed by atoms with E-state index in [0.29, 0.717) is 6.04 Å². The minimum atomic E-state index is 0.285. The monoisotopic (exact) mass is 185 g/mol. The highest BCUT2D eigenvalue weighted by Crippen LogP contribution is 2.12. The largest absolute Gasteiger partial charge is 0.395 e. The fraction of sp³-hybridized carbons (Fsp3) is 1.00. The van der Waals surface area contributed by atoms with Crippen LogP contribution in [0.1, 0.15) is 0 Å². The summed E-state index contributed by atoms with van der Waals surface area (Å²) in [5, 5.41) is 12.5. The van der Waals surface area contributed by atoms with Crippen molar-refractivity contribution in [3.05, 3.63) is 0 Å². The van der Waals surface area contributed by atoms with Crippen LogP contribution >= 0.6 is 0 Å². The second-order valence-electron chi connectivity index (χ2n) is 4.12. The molecule has 76 valence electrons. The lowest BCUT2D eigenvalue weighted by molar-refractivity contribution is 0.0223. The average molecular weight is 185 g/mol. The van der Waals surface area contributed by atoms with E-state index in [9.17, 15) is 0 Å². The van der Waals surface area contributed by atoms with Crippen molar-refractivity contribution in [2.24, 2.45) is 0 Å². The van der Waals surface area contributed by atoms with E-state index < -0.39 is 0 Å². The molecule has 0 radical (unpaired) electrons. The molecule has 4 nitrogen and oxygen atoms in total. The molecule has 0 amide bonds. The lowest BCUT2D eigenvalue weighted by Crippen LogP contribution is -2.63. The number of aliphatic hydroxyl groups is 1. The summed E-state index contributed by atoms with van der Waals surface area (Å²) in [5.41, 5.74) is 0. The van der Waals surface area contributed by atoms with Crippen molar-refractivity contribution >= 4 is 0 Å². The molecule has 4 heteroatoms. The van der Waals surface area contributed by atoms with Crippen molar-refractivity contribution in [3.8, 4) is 0 Å². The van der Waals surface area contributed by atoms with Gasteiger partial charge in [-0.2, -0.15) is 0 Å². The minimum absolute atomic E-state index is 0.285. The molecule has 2 rings (SSSR count). The first kappa shape index (κ1) is 9.40. The molecule has 0 bridgehead atoms. The summed E-state index contributed by atoms with van der Waals surface area (Å²) in [4.78, 5) is 4.75. The van der Waals surface area contributed by atoms with E-state index in [0.717, 1.165) is 38.8 Å². The number of hydrogen-bond donors (Lipinski definition) is 2. The van der Waals surface area contributed by atoms with Gasteiger partial charge < -0.3 is 10.4 Å². The van der Waals surface area contributed by atoms with Gasteiger partial charge >= 0.3 is 0 Å². The second-order valence-corrected chi connectivity index (χ2v) is 4.12. The zero-order valence-electron chi connectivity index (χ0n) is 8.24. The summed E-state index contributed by atoms with van der Waals surface area (Å²) in [6, 6.07) is 1.07. The molecule has 1 unspecified atom stereocenters. The van der Waals surface area contributed by atoms with Crippen molar-refractivity contribution in [3.63, 3.8) is 0 Å². The van der Waals surface area contributed by atoms with Crippen molar-refractivity contribution < 1.29 is 5.11 Å². The van der Waals surface area contributed by atoms with Crippen molar-refractivity contribution in [1.29, 1.82) is 0 Å². The molecule has 2 fully saturated rings.